The summed E-state index contributed by atoms with van der Waals surface area (Å²) in [6.07, 6.45) is 3.11. The molecular weight excluding hydrogens is 300 g/mol. The number of nitrogens with one attached hydrogen (secondary N) is 1. The van der Waals surface area contributed by atoms with E-state index >= 15 is 0 Å². The molecule has 2 fully saturated rings. The highest BCUT2D eigenvalue weighted by Gasteiger charge is 2.32. The van der Waals surface area contributed by atoms with Gasteiger partial charge in [0.15, 0.2) is 5.13 Å². The number of amides is 1. The van der Waals surface area contributed by atoms with Gasteiger partial charge in [0.2, 0.25) is 5.91 Å². The molecule has 1 aromatic heterocycles. The lowest BCUT2D eigenvalue weighted by Gasteiger charge is -2.25. The van der Waals surface area contributed by atoms with Gasteiger partial charge in [0, 0.05) is 30.9 Å². The molecule has 2 atom stereocenters. The Morgan fingerprint density at radius 3 is 3.05 bits per heavy atom. The van der Waals surface area contributed by atoms with Crippen molar-refractivity contribution in [3.63, 3.8) is 0 Å². The van der Waals surface area contributed by atoms with Gasteiger partial charge >= 0.3 is 0 Å². The smallest absolute Gasteiger partial charge is 0.229 e. The average Bonchev–Trinajstić information content (AvgIpc) is 3.17. The summed E-state index contributed by atoms with van der Waals surface area (Å²) in [5, 5.41) is 5.71. The SMILES string of the molecule is NC[C@H]1CCC[C@H]1C(=O)Nc1nc(CN2CCOCC2)cs1. The first-order chi connectivity index (χ1) is 10.8. The Labute approximate surface area is 135 Å². The van der Waals surface area contributed by atoms with E-state index in [9.17, 15) is 4.79 Å². The summed E-state index contributed by atoms with van der Waals surface area (Å²) in [5.74, 6) is 0.463. The molecule has 1 aliphatic carbocycles. The van der Waals surface area contributed by atoms with Crippen LogP contribution in [0.15, 0.2) is 5.38 Å². The Bertz CT molecular complexity index is 501. The van der Waals surface area contributed by atoms with E-state index in [0.717, 1.165) is 57.8 Å². The zero-order chi connectivity index (χ0) is 15.4. The second kappa shape index (κ2) is 7.50. The Kier molecular flexibility index (Phi) is 5.41. The molecule has 1 aliphatic heterocycles. The molecule has 0 spiro atoms. The van der Waals surface area contributed by atoms with Crippen molar-refractivity contribution in [2.45, 2.75) is 25.8 Å². The second-order valence-electron chi connectivity index (χ2n) is 6.05. The Balaban J connectivity index is 1.53. The first-order valence-corrected chi connectivity index (χ1v) is 8.89. The molecule has 1 saturated carbocycles. The Morgan fingerprint density at radius 1 is 1.45 bits per heavy atom. The van der Waals surface area contributed by atoms with Crippen LogP contribution in [0.4, 0.5) is 5.13 Å². The number of carbonyl (C=O) groups excluding carboxylic acids is 1. The van der Waals surface area contributed by atoms with Gasteiger partial charge in [-0.25, -0.2) is 4.98 Å². The van der Waals surface area contributed by atoms with Crippen LogP contribution < -0.4 is 11.1 Å². The minimum Gasteiger partial charge on any atom is -0.379 e. The number of anilines is 1. The zero-order valence-corrected chi connectivity index (χ0v) is 13.6. The van der Waals surface area contributed by atoms with Crippen molar-refractivity contribution in [2.24, 2.45) is 17.6 Å². The fourth-order valence-electron chi connectivity index (χ4n) is 3.29. The largest absolute Gasteiger partial charge is 0.379 e. The molecular formula is C15H24N4O2S. The summed E-state index contributed by atoms with van der Waals surface area (Å²) in [6.45, 7) is 4.88. The van der Waals surface area contributed by atoms with Crippen LogP contribution in [0.25, 0.3) is 0 Å². The van der Waals surface area contributed by atoms with Crippen LogP contribution in [0, 0.1) is 11.8 Å². The molecule has 1 aromatic rings. The molecule has 3 N–H and O–H groups in total. The van der Waals surface area contributed by atoms with Gasteiger partial charge < -0.3 is 15.8 Å². The maximum atomic E-state index is 12.4. The summed E-state index contributed by atoms with van der Waals surface area (Å²) >= 11 is 1.50. The van der Waals surface area contributed by atoms with E-state index in [4.69, 9.17) is 10.5 Å². The predicted molar refractivity (Wildman–Crippen MR) is 86.7 cm³/mol. The molecule has 3 rings (SSSR count). The summed E-state index contributed by atoms with van der Waals surface area (Å²) in [5.41, 5.74) is 6.77. The molecule has 6 nitrogen and oxygen atoms in total. The summed E-state index contributed by atoms with van der Waals surface area (Å²) in [4.78, 5) is 19.2. The van der Waals surface area contributed by atoms with E-state index < -0.39 is 0 Å². The normalized spacial score (nSPS) is 26.2. The lowest BCUT2D eigenvalue weighted by molar-refractivity contribution is -0.120. The highest BCUT2D eigenvalue weighted by atomic mass is 32.1. The molecule has 0 bridgehead atoms. The number of morpholine rings is 1. The lowest BCUT2D eigenvalue weighted by Crippen LogP contribution is -2.35. The minimum atomic E-state index is 0.0524. The van der Waals surface area contributed by atoms with E-state index in [-0.39, 0.29) is 11.8 Å². The second-order valence-corrected chi connectivity index (χ2v) is 6.91. The molecule has 0 unspecified atom stereocenters. The molecule has 0 radical (unpaired) electrons. The minimum absolute atomic E-state index is 0.0524. The zero-order valence-electron chi connectivity index (χ0n) is 12.8. The van der Waals surface area contributed by atoms with Gasteiger partial charge in [0.25, 0.3) is 0 Å². The van der Waals surface area contributed by atoms with Crippen LogP contribution in [-0.2, 0) is 16.1 Å². The third kappa shape index (κ3) is 3.84. The molecule has 22 heavy (non-hydrogen) atoms. The number of hydrogen-bond acceptors (Lipinski definition) is 6. The van der Waals surface area contributed by atoms with Gasteiger partial charge in [0.1, 0.15) is 0 Å². The molecule has 2 heterocycles. The highest BCUT2D eigenvalue weighted by Crippen LogP contribution is 2.32. The van der Waals surface area contributed by atoms with Crippen molar-refractivity contribution in [3.8, 4) is 0 Å². The first kappa shape index (κ1) is 15.9. The van der Waals surface area contributed by atoms with Crippen LogP contribution in [0.2, 0.25) is 0 Å². The van der Waals surface area contributed by atoms with Gasteiger partial charge in [-0.05, 0) is 25.3 Å². The number of ether oxygens (including phenoxy) is 1. The van der Waals surface area contributed by atoms with Crippen molar-refractivity contribution in [2.75, 3.05) is 38.2 Å². The van der Waals surface area contributed by atoms with Crippen LogP contribution in [0.5, 0.6) is 0 Å². The van der Waals surface area contributed by atoms with Gasteiger partial charge in [-0.2, -0.15) is 0 Å². The third-order valence-corrected chi connectivity index (χ3v) is 5.38. The Hall–Kier alpha value is -1.02. The molecule has 122 valence electrons. The molecule has 0 aromatic carbocycles. The van der Waals surface area contributed by atoms with E-state index in [1.54, 1.807) is 0 Å². The highest BCUT2D eigenvalue weighted by molar-refractivity contribution is 7.13. The number of nitrogens with zero attached hydrogens (tertiary/aromatic N) is 2. The molecule has 1 amide bonds. The predicted octanol–water partition coefficient (Wildman–Crippen LogP) is 1.29. The van der Waals surface area contributed by atoms with Crippen molar-refractivity contribution >= 4 is 22.4 Å². The quantitative estimate of drug-likeness (QED) is 0.853. The van der Waals surface area contributed by atoms with Gasteiger partial charge in [-0.15, -0.1) is 11.3 Å². The Morgan fingerprint density at radius 2 is 2.27 bits per heavy atom. The van der Waals surface area contributed by atoms with Crippen molar-refractivity contribution in [1.29, 1.82) is 0 Å². The average molecular weight is 324 g/mol. The topological polar surface area (TPSA) is 80.5 Å². The lowest BCUT2D eigenvalue weighted by atomic mass is 9.95. The van der Waals surface area contributed by atoms with Crippen LogP contribution in [0.3, 0.4) is 0 Å². The molecule has 1 saturated heterocycles. The van der Waals surface area contributed by atoms with E-state index in [2.05, 4.69) is 15.2 Å². The van der Waals surface area contributed by atoms with Crippen molar-refractivity contribution in [3.05, 3.63) is 11.1 Å². The summed E-state index contributed by atoms with van der Waals surface area (Å²) in [7, 11) is 0. The van der Waals surface area contributed by atoms with Crippen LogP contribution in [0.1, 0.15) is 25.0 Å². The van der Waals surface area contributed by atoms with E-state index in [1.807, 2.05) is 5.38 Å². The number of rotatable bonds is 5. The molecule has 7 heteroatoms. The monoisotopic (exact) mass is 324 g/mol. The van der Waals surface area contributed by atoms with Crippen molar-refractivity contribution in [1.82, 2.24) is 9.88 Å². The van der Waals surface area contributed by atoms with E-state index in [1.165, 1.54) is 11.3 Å². The van der Waals surface area contributed by atoms with Gasteiger partial charge in [-0.1, -0.05) is 6.42 Å². The third-order valence-electron chi connectivity index (χ3n) is 4.57. The maximum absolute atomic E-state index is 12.4. The number of thiazole rings is 1. The van der Waals surface area contributed by atoms with Gasteiger partial charge in [0.05, 0.1) is 18.9 Å². The van der Waals surface area contributed by atoms with Gasteiger partial charge in [-0.3, -0.25) is 9.69 Å². The van der Waals surface area contributed by atoms with Crippen LogP contribution in [-0.4, -0.2) is 48.6 Å². The first-order valence-electron chi connectivity index (χ1n) is 8.01. The summed E-state index contributed by atoms with van der Waals surface area (Å²) in [6, 6.07) is 0. The standard InChI is InChI=1S/C15H24N4O2S/c16-8-11-2-1-3-13(11)14(20)18-15-17-12(10-22-15)9-19-4-6-21-7-5-19/h10-11,13H,1-9,16H2,(H,17,18,20)/t11-,13-/m1/s1. The fourth-order valence-corrected chi connectivity index (χ4v) is 3.99. The van der Waals surface area contributed by atoms with Crippen molar-refractivity contribution < 1.29 is 9.53 Å². The maximum Gasteiger partial charge on any atom is 0.229 e. The number of hydrogen-bond donors (Lipinski definition) is 2. The van der Waals surface area contributed by atoms with E-state index in [0.29, 0.717) is 17.6 Å². The number of carbonyl (C=O) groups is 1. The number of nitrogens with two attached hydrogens (primary N) is 1. The number of aromatic nitrogens is 1. The summed E-state index contributed by atoms with van der Waals surface area (Å²) < 4.78 is 5.35. The fraction of sp³-hybridized carbons (Fsp3) is 0.733. The molecule has 2 aliphatic rings. The van der Waals surface area contributed by atoms with Crippen LogP contribution >= 0.6 is 11.3 Å².